The molecule has 21 heavy (non-hydrogen) atoms. The molecule has 0 aliphatic carbocycles. The van der Waals surface area contributed by atoms with Crippen LogP contribution in [0.2, 0.25) is 0 Å². The standard InChI is InChI=1S/C13H12N.CH4O3S.Fe.Pd/c1-14-13-10-6-5-9-12(13)11-7-3-2-4-8-11;1-5(2,3)4;;/h2-10H,1H3;1H3,(H,2,3,4);;/q-1;;;+2/p-1. The van der Waals surface area contributed by atoms with E-state index in [0.29, 0.717) is 0 Å². The molecule has 2 aromatic carbocycles. The number of rotatable bonds is 5. The van der Waals surface area contributed by atoms with Crippen LogP contribution in [0.5, 0.6) is 0 Å². The minimum Gasteiger partial charge on any atom is 0 e. The monoisotopic (exact) mass is 439 g/mol. The maximum absolute atomic E-state index is 11.1. The van der Waals surface area contributed by atoms with Crippen LogP contribution in [0.1, 0.15) is 0 Å². The topological polar surface area (TPSA) is 46.6 Å². The van der Waals surface area contributed by atoms with Crippen LogP contribution in [-0.4, -0.2) is 21.7 Å². The summed E-state index contributed by atoms with van der Waals surface area (Å²) in [5, 5.41) is 0. The predicted octanol–water partition coefficient (Wildman–Crippen LogP) is 2.68. The van der Waals surface area contributed by atoms with Crippen molar-refractivity contribution in [3.05, 3.63) is 54.6 Å². The fraction of sp³-hybridized carbons (Fsp3) is 0.143. The molecule has 0 atom stereocenters. The molecule has 0 aromatic heterocycles. The number of anilines is 1. The molecule has 0 spiro atoms. The minimum absolute atomic E-state index is 0. The van der Waals surface area contributed by atoms with E-state index in [1.165, 1.54) is 0 Å². The molecule has 0 saturated heterocycles. The van der Waals surface area contributed by atoms with Crippen molar-refractivity contribution in [1.29, 1.82) is 0 Å². The molecule has 0 fully saturated rings. The van der Waals surface area contributed by atoms with Gasteiger partial charge in [-0.2, -0.15) is 0 Å². The van der Waals surface area contributed by atoms with Gasteiger partial charge in [-0.25, -0.2) is 0 Å². The van der Waals surface area contributed by atoms with Crippen LogP contribution < -0.4 is 3.53 Å². The summed E-state index contributed by atoms with van der Waals surface area (Å²) < 4.78 is 28.9. The van der Waals surface area contributed by atoms with Gasteiger partial charge in [0.25, 0.3) is 0 Å². The molecule has 0 N–H and O–H groups in total. The second-order valence-corrected chi connectivity index (χ2v) is 7.75. The minimum atomic E-state index is -3.42. The van der Waals surface area contributed by atoms with Crippen LogP contribution in [0.4, 0.5) is 5.69 Å². The van der Waals surface area contributed by atoms with Gasteiger partial charge >= 0.3 is 128 Å². The van der Waals surface area contributed by atoms with E-state index in [-0.39, 0.29) is 17.1 Å². The summed E-state index contributed by atoms with van der Waals surface area (Å²) in [6, 6.07) is 17.8. The number of hydrogen-bond donors (Lipinski definition) is 0. The van der Waals surface area contributed by atoms with Crippen LogP contribution in [0.3, 0.4) is 0 Å². The van der Waals surface area contributed by atoms with Gasteiger partial charge in [-0.05, 0) is 0 Å². The molecule has 0 unspecified atom stereocenters. The molecule has 0 aliphatic heterocycles. The average Bonchev–Trinajstić information content (AvgIpc) is 2.45. The Labute approximate surface area is 145 Å². The van der Waals surface area contributed by atoms with E-state index in [4.69, 9.17) is 2.91 Å². The zero-order valence-corrected chi connectivity index (χ0v) is 14.9. The number of nitrogens with zero attached hydrogens (tertiary/aromatic N) is 1. The van der Waals surface area contributed by atoms with Crippen molar-refractivity contribution in [2.75, 3.05) is 16.8 Å². The van der Waals surface area contributed by atoms with Crippen molar-refractivity contribution in [3.8, 4) is 11.1 Å². The molecule has 0 bridgehead atoms. The van der Waals surface area contributed by atoms with Crippen LogP contribution >= 0.6 is 0 Å². The third-order valence-corrected chi connectivity index (χ3v) is 5.31. The van der Waals surface area contributed by atoms with Crippen molar-refractivity contribution in [1.82, 2.24) is 0 Å². The van der Waals surface area contributed by atoms with Gasteiger partial charge in [0.15, 0.2) is 0 Å². The quantitative estimate of drug-likeness (QED) is 0.672. The number of benzene rings is 2. The summed E-state index contributed by atoms with van der Waals surface area (Å²) in [7, 11) is -1.60. The molecular weight excluding hydrogens is 424 g/mol. The van der Waals surface area contributed by atoms with Gasteiger partial charge in [-0.1, -0.05) is 0 Å². The van der Waals surface area contributed by atoms with Crippen molar-refractivity contribution in [2.24, 2.45) is 0 Å². The second kappa shape index (κ2) is 8.09. The zero-order chi connectivity index (χ0) is 14.6. The summed E-state index contributed by atoms with van der Waals surface area (Å²) >= 11 is -0.492. The Morgan fingerprint density at radius 2 is 1.57 bits per heavy atom. The molecule has 0 aliphatic rings. The fourth-order valence-electron chi connectivity index (χ4n) is 1.70. The Bertz CT molecular complexity index is 680. The maximum atomic E-state index is 11.1. The van der Waals surface area contributed by atoms with Gasteiger partial charge in [-0.3, -0.25) is 0 Å². The largest absolute Gasteiger partial charge is 0 e. The van der Waals surface area contributed by atoms with E-state index in [0.717, 1.165) is 23.1 Å². The van der Waals surface area contributed by atoms with Crippen molar-refractivity contribution >= 4 is 15.8 Å². The van der Waals surface area contributed by atoms with Crippen molar-refractivity contribution in [2.45, 2.75) is 0 Å². The Hall–Kier alpha value is -0.668. The van der Waals surface area contributed by atoms with E-state index in [1.54, 1.807) is 0 Å². The maximum Gasteiger partial charge on any atom is 0 e. The molecule has 0 radical (unpaired) electrons. The smallest absolute Gasteiger partial charge is 0 e. The molecule has 0 saturated carbocycles. The van der Waals surface area contributed by atoms with Crippen LogP contribution in [0.15, 0.2) is 54.6 Å². The molecule has 0 heterocycles. The zero-order valence-electron chi connectivity index (χ0n) is 11.4. The number of para-hydroxylation sites is 1. The average molecular weight is 440 g/mol. The van der Waals surface area contributed by atoms with Crippen LogP contribution in [-0.2, 0) is 48.7 Å². The van der Waals surface area contributed by atoms with E-state index in [2.05, 4.69) is 0 Å². The summed E-state index contributed by atoms with van der Waals surface area (Å²) in [5.41, 5.74) is 3.07. The normalized spacial score (nSPS) is 11.0. The van der Waals surface area contributed by atoms with Crippen LogP contribution in [0.25, 0.3) is 11.1 Å². The molecule has 0 amide bonds. The molecule has 2 aromatic rings. The van der Waals surface area contributed by atoms with Crippen LogP contribution in [0, 0.1) is 0 Å². The molecule has 2 rings (SSSR count). The van der Waals surface area contributed by atoms with Gasteiger partial charge in [0.1, 0.15) is 0 Å². The predicted molar refractivity (Wildman–Crippen MR) is 76.2 cm³/mol. The molecule has 7 heteroatoms. The van der Waals surface area contributed by atoms with E-state index in [9.17, 15) is 8.42 Å². The molecule has 4 nitrogen and oxygen atoms in total. The van der Waals surface area contributed by atoms with E-state index < -0.39 is 28.7 Å². The Balaban J connectivity index is 0.00000220. The first kappa shape index (κ1) is 18.4. The van der Waals surface area contributed by atoms with Gasteiger partial charge in [-0.15, -0.1) is 0 Å². The molecule has 118 valence electrons. The first-order valence-corrected chi connectivity index (χ1v) is 8.98. The SMILES string of the molecule is C[N]([Pd][O]S(C)(=O)=O)c1ccccc1-c1ccccc1.[Fe]. The fourth-order valence-corrected chi connectivity index (χ4v) is 3.47. The van der Waals surface area contributed by atoms with Gasteiger partial charge < -0.3 is 0 Å². The van der Waals surface area contributed by atoms with E-state index >= 15 is 0 Å². The third kappa shape index (κ3) is 5.56. The Kier molecular flexibility index (Phi) is 7.08. The summed E-state index contributed by atoms with van der Waals surface area (Å²) in [6.07, 6.45) is 1.06. The first-order valence-electron chi connectivity index (χ1n) is 5.84. The van der Waals surface area contributed by atoms with Gasteiger partial charge in [0, 0.05) is 17.1 Å². The summed E-state index contributed by atoms with van der Waals surface area (Å²) in [6.45, 7) is 0. The first-order chi connectivity index (χ1) is 9.47. The van der Waals surface area contributed by atoms with E-state index in [1.807, 2.05) is 65.2 Å². The van der Waals surface area contributed by atoms with Gasteiger partial charge in [0.2, 0.25) is 0 Å². The number of hydrogen-bond acceptors (Lipinski definition) is 4. The second-order valence-electron chi connectivity index (χ2n) is 4.13. The van der Waals surface area contributed by atoms with Gasteiger partial charge in [0.05, 0.1) is 0 Å². The summed E-state index contributed by atoms with van der Waals surface area (Å²) in [5.74, 6) is 0. The van der Waals surface area contributed by atoms with Crippen molar-refractivity contribution < 1.29 is 47.0 Å². The summed E-state index contributed by atoms with van der Waals surface area (Å²) in [4.78, 5) is 0. The molecular formula is C14H15FeNO3PdS. The van der Waals surface area contributed by atoms with Crippen molar-refractivity contribution in [3.63, 3.8) is 0 Å². The Morgan fingerprint density at radius 1 is 1.00 bits per heavy atom. The third-order valence-electron chi connectivity index (χ3n) is 2.51. The Morgan fingerprint density at radius 3 is 2.19 bits per heavy atom.